The van der Waals surface area contributed by atoms with Gasteiger partial charge in [-0.1, -0.05) is 12.1 Å². The summed E-state index contributed by atoms with van der Waals surface area (Å²) in [6.45, 7) is 0. The summed E-state index contributed by atoms with van der Waals surface area (Å²) >= 11 is 0. The highest BCUT2D eigenvalue weighted by atomic mass is 19.4. The average Bonchev–Trinajstić information content (AvgIpc) is 2.58. The molecule has 0 amide bonds. The number of nitrogens with two attached hydrogens (primary N) is 1. The largest absolute Gasteiger partial charge is 0.495 e. The number of nitrogens with one attached hydrogen (secondary N) is 1. The number of halogens is 3. The van der Waals surface area contributed by atoms with Crippen LogP contribution in [0.25, 0.3) is 10.8 Å². The van der Waals surface area contributed by atoms with E-state index in [1.807, 2.05) is 0 Å². The van der Waals surface area contributed by atoms with Crippen LogP contribution in [0.1, 0.15) is 5.56 Å². The van der Waals surface area contributed by atoms with E-state index in [1.165, 1.54) is 33.5 Å². The highest BCUT2D eigenvalue weighted by Gasteiger charge is 2.42. The highest BCUT2D eigenvalue weighted by Crippen LogP contribution is 2.48. The predicted octanol–water partition coefficient (Wildman–Crippen LogP) is 2.62. The van der Waals surface area contributed by atoms with E-state index in [4.69, 9.17) is 25.4 Å². The third-order valence-corrected chi connectivity index (χ3v) is 3.47. The van der Waals surface area contributed by atoms with Crippen molar-refractivity contribution in [1.29, 1.82) is 5.41 Å². The molecule has 140 valence electrons. The molecule has 2 aromatic carbocycles. The fourth-order valence-electron chi connectivity index (χ4n) is 2.51. The van der Waals surface area contributed by atoms with Gasteiger partial charge in [0.05, 0.1) is 26.7 Å². The molecule has 3 N–H and O–H groups in total. The Morgan fingerprint density at radius 1 is 1.04 bits per heavy atom. The number of carbonyl (C=O) groups is 1. The normalized spacial score (nSPS) is 11.2. The Morgan fingerprint density at radius 2 is 1.62 bits per heavy atom. The van der Waals surface area contributed by atoms with Crippen molar-refractivity contribution in [2.24, 2.45) is 5.73 Å². The van der Waals surface area contributed by atoms with Crippen LogP contribution >= 0.6 is 0 Å². The molecule has 0 aliphatic heterocycles. The first-order chi connectivity index (χ1) is 12.2. The number of fused-ring (bicyclic) bond motifs is 1. The molecule has 0 unspecified atom stereocenters. The molecule has 0 aromatic heterocycles. The van der Waals surface area contributed by atoms with E-state index in [9.17, 15) is 18.0 Å². The quantitative estimate of drug-likeness (QED) is 0.362. The van der Waals surface area contributed by atoms with Crippen molar-refractivity contribution >= 4 is 22.6 Å². The summed E-state index contributed by atoms with van der Waals surface area (Å²) in [4.78, 5) is 11.3. The lowest BCUT2D eigenvalue weighted by molar-refractivity contribution is -0.189. The number of hydrogen-bond donors (Lipinski definition) is 2. The van der Waals surface area contributed by atoms with Crippen LogP contribution in [-0.4, -0.2) is 39.3 Å². The van der Waals surface area contributed by atoms with Gasteiger partial charge in [-0.2, -0.15) is 13.2 Å². The zero-order valence-electron chi connectivity index (χ0n) is 14.0. The molecule has 26 heavy (non-hydrogen) atoms. The third kappa shape index (κ3) is 3.17. The molecule has 0 radical (unpaired) electrons. The molecule has 0 heterocycles. The minimum atomic E-state index is -5.19. The summed E-state index contributed by atoms with van der Waals surface area (Å²) < 4.78 is 58.0. The summed E-state index contributed by atoms with van der Waals surface area (Å²) in [5.41, 5.74) is 5.54. The van der Waals surface area contributed by atoms with Crippen LogP contribution in [0.3, 0.4) is 0 Å². The van der Waals surface area contributed by atoms with Gasteiger partial charge in [0, 0.05) is 5.39 Å². The molecule has 7 nitrogen and oxygen atoms in total. The van der Waals surface area contributed by atoms with E-state index in [0.717, 1.165) is 6.07 Å². The van der Waals surface area contributed by atoms with Crippen molar-refractivity contribution in [1.82, 2.24) is 0 Å². The van der Waals surface area contributed by atoms with E-state index in [0.29, 0.717) is 0 Å². The van der Waals surface area contributed by atoms with Crippen molar-refractivity contribution in [3.8, 4) is 23.0 Å². The standard InChI is InChI=1S/C16H15F3N2O5/c1-23-11-7-5-4-6-8(26-15(22)16(17,18)19)9(7)12(24-2)10(14(20)21)13(11)25-3/h4-6H,1-3H3,(H3,20,21). The van der Waals surface area contributed by atoms with Crippen molar-refractivity contribution in [2.45, 2.75) is 6.18 Å². The van der Waals surface area contributed by atoms with Crippen LogP contribution < -0.4 is 24.7 Å². The van der Waals surface area contributed by atoms with Crippen molar-refractivity contribution in [3.05, 3.63) is 23.8 Å². The van der Waals surface area contributed by atoms with Crippen LogP contribution in [0, 0.1) is 5.41 Å². The topological polar surface area (TPSA) is 104 Å². The van der Waals surface area contributed by atoms with E-state index < -0.39 is 23.7 Å². The molecule has 0 atom stereocenters. The second-order valence-corrected chi connectivity index (χ2v) is 4.95. The van der Waals surface area contributed by atoms with Crippen LogP contribution in [-0.2, 0) is 4.79 Å². The van der Waals surface area contributed by atoms with Gasteiger partial charge in [-0.25, -0.2) is 4.79 Å². The number of ether oxygens (including phenoxy) is 4. The van der Waals surface area contributed by atoms with Crippen LogP contribution in [0.5, 0.6) is 23.0 Å². The monoisotopic (exact) mass is 372 g/mol. The van der Waals surface area contributed by atoms with Gasteiger partial charge in [-0.05, 0) is 6.07 Å². The number of methoxy groups -OCH3 is 3. The molecule has 0 aliphatic rings. The van der Waals surface area contributed by atoms with E-state index in [1.54, 1.807) is 0 Å². The molecule has 10 heteroatoms. The third-order valence-electron chi connectivity index (χ3n) is 3.47. The van der Waals surface area contributed by atoms with Gasteiger partial charge in [0.15, 0.2) is 11.5 Å². The summed E-state index contributed by atoms with van der Waals surface area (Å²) in [6, 6.07) is 4.04. The van der Waals surface area contributed by atoms with E-state index >= 15 is 0 Å². The van der Waals surface area contributed by atoms with E-state index in [2.05, 4.69) is 4.74 Å². The number of carbonyl (C=O) groups excluding carboxylic acids is 1. The zero-order chi connectivity index (χ0) is 19.6. The van der Waals surface area contributed by atoms with Gasteiger partial charge in [0.2, 0.25) is 0 Å². The van der Waals surface area contributed by atoms with Gasteiger partial charge in [0.25, 0.3) is 0 Å². The molecule has 0 fully saturated rings. The van der Waals surface area contributed by atoms with Gasteiger partial charge >= 0.3 is 12.1 Å². The SMILES string of the molecule is COc1c(C(=N)N)c(OC)c2c(OC(=O)C(F)(F)F)cccc2c1OC. The zero-order valence-corrected chi connectivity index (χ0v) is 14.0. The molecule has 0 saturated carbocycles. The van der Waals surface area contributed by atoms with Gasteiger partial charge in [0.1, 0.15) is 22.9 Å². The molecule has 0 saturated heterocycles. The minimum Gasteiger partial charge on any atom is -0.495 e. The number of amidine groups is 1. The Kier molecular flexibility index (Phi) is 5.15. The first kappa shape index (κ1) is 19.2. The summed E-state index contributed by atoms with van der Waals surface area (Å²) in [5.74, 6) is -3.23. The number of rotatable bonds is 5. The minimum absolute atomic E-state index is 0.0181. The lowest BCUT2D eigenvalue weighted by atomic mass is 10.0. The molecule has 2 aromatic rings. The van der Waals surface area contributed by atoms with Crippen molar-refractivity contribution < 1.29 is 36.9 Å². The summed E-state index contributed by atoms with van der Waals surface area (Å²) in [7, 11) is 3.85. The van der Waals surface area contributed by atoms with Gasteiger partial charge in [-0.15, -0.1) is 0 Å². The first-order valence-electron chi connectivity index (χ1n) is 7.05. The molecular formula is C16H15F3N2O5. The lowest BCUT2D eigenvalue weighted by Crippen LogP contribution is -2.28. The van der Waals surface area contributed by atoms with Crippen LogP contribution in [0.15, 0.2) is 18.2 Å². The number of nitrogen functional groups attached to an aromatic ring is 1. The maximum Gasteiger partial charge on any atom is 0.491 e. The molecule has 0 bridgehead atoms. The summed E-state index contributed by atoms with van der Waals surface area (Å²) in [5, 5.41) is 7.99. The fraction of sp³-hybridized carbons (Fsp3) is 0.250. The van der Waals surface area contributed by atoms with Crippen LogP contribution in [0.2, 0.25) is 0 Å². The Bertz CT molecular complexity index is 881. The van der Waals surface area contributed by atoms with Gasteiger partial charge in [-0.3, -0.25) is 5.41 Å². The Hall–Kier alpha value is -3.17. The molecule has 0 aliphatic carbocycles. The van der Waals surface area contributed by atoms with Crippen molar-refractivity contribution in [2.75, 3.05) is 21.3 Å². The number of esters is 1. The Labute approximate surface area is 145 Å². The number of alkyl halides is 3. The second-order valence-electron chi connectivity index (χ2n) is 4.95. The fourth-order valence-corrected chi connectivity index (χ4v) is 2.51. The lowest BCUT2D eigenvalue weighted by Gasteiger charge is -2.20. The predicted molar refractivity (Wildman–Crippen MR) is 86.3 cm³/mol. The van der Waals surface area contributed by atoms with Crippen molar-refractivity contribution in [3.63, 3.8) is 0 Å². The number of hydrogen-bond acceptors (Lipinski definition) is 6. The van der Waals surface area contributed by atoms with Crippen LogP contribution in [0.4, 0.5) is 13.2 Å². The van der Waals surface area contributed by atoms with Gasteiger partial charge < -0.3 is 24.7 Å². The smallest absolute Gasteiger partial charge is 0.491 e. The maximum absolute atomic E-state index is 12.6. The Balaban J connectivity index is 2.92. The second kappa shape index (κ2) is 6.98. The Morgan fingerprint density at radius 3 is 2.08 bits per heavy atom. The summed E-state index contributed by atoms with van der Waals surface area (Å²) in [6.07, 6.45) is -5.19. The average molecular weight is 372 g/mol. The van der Waals surface area contributed by atoms with E-state index in [-0.39, 0.29) is 33.6 Å². The highest BCUT2D eigenvalue weighted by molar-refractivity contribution is 6.12. The molecule has 2 rings (SSSR count). The maximum atomic E-state index is 12.6. The first-order valence-corrected chi connectivity index (χ1v) is 7.05. The molecular weight excluding hydrogens is 357 g/mol. The number of benzene rings is 2. The molecule has 0 spiro atoms.